The number of carbonyl (C=O) groups excluding carboxylic acids is 1. The lowest BCUT2D eigenvalue weighted by molar-refractivity contribution is -0.121. The normalized spacial score (nSPS) is 23.7. The molecule has 7 nitrogen and oxygen atoms in total. The summed E-state index contributed by atoms with van der Waals surface area (Å²) in [5.41, 5.74) is 5.15. The molecule has 0 bridgehead atoms. The number of ketones is 1. The second-order valence-corrected chi connectivity index (χ2v) is 20.0. The molecule has 5 unspecified atom stereocenters. The highest BCUT2D eigenvalue weighted by Crippen LogP contribution is 2.51. The van der Waals surface area contributed by atoms with Crippen LogP contribution in [0.25, 0.3) is 0 Å². The number of Topliss-reactive ketones (excluding diaryl/α,β-unsaturated/α-hetero) is 1. The van der Waals surface area contributed by atoms with Gasteiger partial charge in [0.1, 0.15) is 28.8 Å². The van der Waals surface area contributed by atoms with Crippen molar-refractivity contribution in [2.45, 2.75) is 186 Å². The molecule has 2 aliphatic carbocycles. The predicted molar refractivity (Wildman–Crippen MR) is 242 cm³/mol. The molecule has 2 saturated carbocycles. The summed E-state index contributed by atoms with van der Waals surface area (Å²) in [5, 5.41) is 45.8. The molecule has 5 atom stereocenters. The van der Waals surface area contributed by atoms with Gasteiger partial charge in [0.25, 0.3) is 0 Å². The van der Waals surface area contributed by atoms with Crippen LogP contribution >= 0.6 is 0 Å². The minimum absolute atomic E-state index is 0.0439. The van der Waals surface area contributed by atoms with Crippen LogP contribution in [0.1, 0.15) is 192 Å². The Morgan fingerprint density at radius 2 is 1.27 bits per heavy atom. The lowest BCUT2D eigenvalue weighted by atomic mass is 9.69. The van der Waals surface area contributed by atoms with Crippen molar-refractivity contribution in [2.75, 3.05) is 26.3 Å². The average Bonchev–Trinajstić information content (AvgIpc) is 3.18. The summed E-state index contributed by atoms with van der Waals surface area (Å²) in [7, 11) is 0. The van der Waals surface area contributed by atoms with E-state index in [9.17, 15) is 25.2 Å². The number of hydrogen-bond acceptors (Lipinski definition) is 7. The molecule has 4 N–H and O–H groups in total. The molecule has 3 fully saturated rings. The van der Waals surface area contributed by atoms with Gasteiger partial charge < -0.3 is 25.2 Å². The molecule has 328 valence electrons. The first kappa shape index (κ1) is 46.8. The van der Waals surface area contributed by atoms with Gasteiger partial charge in [-0.1, -0.05) is 103 Å². The van der Waals surface area contributed by atoms with Crippen LogP contribution in [0.15, 0.2) is 48.1 Å². The number of unbranched alkanes of at least 4 members (excludes halogenated alkanes) is 7. The highest BCUT2D eigenvalue weighted by atomic mass is 16.5. The molecule has 1 aliphatic heterocycles. The molecular formula is C52H79NO6. The first-order valence-electron chi connectivity index (χ1n) is 23.3. The van der Waals surface area contributed by atoms with E-state index in [0.29, 0.717) is 30.9 Å². The number of carbonyl (C=O) groups is 1. The van der Waals surface area contributed by atoms with Gasteiger partial charge in [0.15, 0.2) is 0 Å². The van der Waals surface area contributed by atoms with E-state index in [1.165, 1.54) is 24.8 Å². The van der Waals surface area contributed by atoms with Crippen molar-refractivity contribution in [2.24, 2.45) is 11.8 Å². The molecule has 2 aromatic carbocycles. The van der Waals surface area contributed by atoms with Gasteiger partial charge in [-0.25, -0.2) is 0 Å². The summed E-state index contributed by atoms with van der Waals surface area (Å²) >= 11 is 0. The Morgan fingerprint density at radius 1 is 0.746 bits per heavy atom. The number of benzene rings is 2. The molecule has 1 saturated heterocycles. The van der Waals surface area contributed by atoms with E-state index < -0.39 is 0 Å². The third-order valence-electron chi connectivity index (χ3n) is 14.7. The number of morpholine rings is 1. The van der Waals surface area contributed by atoms with Crippen LogP contribution in [0.5, 0.6) is 23.0 Å². The first-order chi connectivity index (χ1) is 28.0. The molecule has 3 aliphatic rings. The number of phenolic OH excluding ortho intramolecular Hbond substituents is 4. The van der Waals surface area contributed by atoms with E-state index in [4.69, 9.17) is 4.74 Å². The van der Waals surface area contributed by atoms with Crippen molar-refractivity contribution in [1.29, 1.82) is 0 Å². The van der Waals surface area contributed by atoms with Crippen LogP contribution in [0.4, 0.5) is 0 Å². The van der Waals surface area contributed by atoms with E-state index in [1.54, 1.807) is 0 Å². The Morgan fingerprint density at radius 3 is 1.81 bits per heavy atom. The van der Waals surface area contributed by atoms with Crippen molar-refractivity contribution in [3.63, 3.8) is 0 Å². The SMILES string of the molecule is C=C(C)C1CCC(=O)CC1c1c(O)cc(C(C)(C)CCCCCCC=C(C)C2CCC(N3CCOCC3)CC2c2c(O)cc(C(C)(C)CCCCCC)cc2O)cc1O. The lowest BCUT2D eigenvalue weighted by Crippen LogP contribution is -2.46. The molecule has 7 heteroatoms. The summed E-state index contributed by atoms with van der Waals surface area (Å²) < 4.78 is 5.69. The first-order valence-corrected chi connectivity index (χ1v) is 23.3. The quantitative estimate of drug-likeness (QED) is 0.0826. The Balaban J connectivity index is 1.19. The fourth-order valence-corrected chi connectivity index (χ4v) is 10.8. The molecule has 0 aromatic heterocycles. The maximum Gasteiger partial charge on any atom is 0.133 e. The molecular weight excluding hydrogens is 735 g/mol. The van der Waals surface area contributed by atoms with E-state index >= 15 is 0 Å². The number of hydrogen-bond donors (Lipinski definition) is 4. The Hall–Kier alpha value is -3.29. The topological polar surface area (TPSA) is 110 Å². The largest absolute Gasteiger partial charge is 0.508 e. The third kappa shape index (κ3) is 12.0. The van der Waals surface area contributed by atoms with Crippen LogP contribution in [-0.2, 0) is 20.4 Å². The zero-order valence-electron chi connectivity index (χ0n) is 37.9. The maximum absolute atomic E-state index is 12.4. The standard InChI is InChI=1S/C52H79NO6/c1-9-10-11-16-23-51(5,6)37-29-45(55)49(46(56)30-37)43-33-39(53-25-27-59-28-26-53)19-21-42(43)36(4)18-15-13-12-14-17-24-52(7,8)38-31-47(57)50(48(58)32-38)44-34-40(54)20-22-41(44)35(2)3/h18,29-32,39,41-44,55-58H,2,9-17,19-28,33-34H2,1,3-8H3. The van der Waals surface area contributed by atoms with Gasteiger partial charge in [0.2, 0.25) is 0 Å². The highest BCUT2D eigenvalue weighted by molar-refractivity contribution is 5.81. The number of rotatable bonds is 19. The van der Waals surface area contributed by atoms with Gasteiger partial charge in [-0.2, -0.15) is 0 Å². The van der Waals surface area contributed by atoms with E-state index in [1.807, 2.05) is 31.2 Å². The molecule has 59 heavy (non-hydrogen) atoms. The van der Waals surface area contributed by atoms with Gasteiger partial charge in [-0.05, 0) is 129 Å². The van der Waals surface area contributed by atoms with Crippen molar-refractivity contribution < 1.29 is 30.0 Å². The van der Waals surface area contributed by atoms with Gasteiger partial charge in [-0.15, -0.1) is 0 Å². The minimum Gasteiger partial charge on any atom is -0.508 e. The Bertz CT molecular complexity index is 1700. The summed E-state index contributed by atoms with van der Waals surface area (Å²) in [6.45, 7) is 22.8. The minimum atomic E-state index is -0.243. The van der Waals surface area contributed by atoms with Crippen LogP contribution in [0, 0.1) is 11.8 Å². The molecule has 0 amide bonds. The summed E-state index contributed by atoms with van der Waals surface area (Å²) in [5.74, 6) is 0.959. The highest BCUT2D eigenvalue weighted by Gasteiger charge is 2.39. The molecule has 1 heterocycles. The van der Waals surface area contributed by atoms with Crippen molar-refractivity contribution >= 4 is 5.78 Å². The molecule has 2 aromatic rings. The van der Waals surface area contributed by atoms with Crippen LogP contribution < -0.4 is 0 Å². The second-order valence-electron chi connectivity index (χ2n) is 20.0. The van der Waals surface area contributed by atoms with Crippen molar-refractivity contribution in [3.05, 3.63) is 70.3 Å². The van der Waals surface area contributed by atoms with E-state index in [0.717, 1.165) is 119 Å². The van der Waals surface area contributed by atoms with E-state index in [-0.39, 0.29) is 63.3 Å². The van der Waals surface area contributed by atoms with Gasteiger partial charge >= 0.3 is 0 Å². The van der Waals surface area contributed by atoms with Crippen molar-refractivity contribution in [1.82, 2.24) is 4.90 Å². The number of ether oxygens (including phenoxy) is 1. The number of nitrogens with zero attached hydrogens (tertiary/aromatic N) is 1. The number of phenols is 4. The van der Waals surface area contributed by atoms with Gasteiger partial charge in [0, 0.05) is 49.0 Å². The van der Waals surface area contributed by atoms with E-state index in [2.05, 4.69) is 59.1 Å². The predicted octanol–water partition coefficient (Wildman–Crippen LogP) is 12.6. The third-order valence-corrected chi connectivity index (χ3v) is 14.7. The van der Waals surface area contributed by atoms with Crippen LogP contribution in [0.2, 0.25) is 0 Å². The number of aromatic hydroxyl groups is 4. The zero-order chi connectivity index (χ0) is 42.9. The van der Waals surface area contributed by atoms with Crippen molar-refractivity contribution in [3.8, 4) is 23.0 Å². The Labute approximate surface area is 357 Å². The molecule has 0 spiro atoms. The summed E-state index contributed by atoms with van der Waals surface area (Å²) in [6, 6.07) is 7.93. The fraction of sp³-hybridized carbons (Fsp3) is 0.673. The maximum atomic E-state index is 12.4. The lowest BCUT2D eigenvalue weighted by Gasteiger charge is -2.43. The summed E-state index contributed by atoms with van der Waals surface area (Å²) in [6.07, 6.45) is 19.2. The Kier molecular flexibility index (Phi) is 16.6. The molecule has 5 rings (SSSR count). The smallest absolute Gasteiger partial charge is 0.133 e. The monoisotopic (exact) mass is 814 g/mol. The average molecular weight is 814 g/mol. The molecule has 0 radical (unpaired) electrons. The summed E-state index contributed by atoms with van der Waals surface area (Å²) in [4.78, 5) is 14.9. The van der Waals surface area contributed by atoms with Crippen LogP contribution in [0.3, 0.4) is 0 Å². The zero-order valence-corrected chi connectivity index (χ0v) is 37.9. The second kappa shape index (κ2) is 21.0. The van der Waals surface area contributed by atoms with Gasteiger partial charge in [-0.3, -0.25) is 9.69 Å². The van der Waals surface area contributed by atoms with Gasteiger partial charge in [0.05, 0.1) is 13.2 Å². The fourth-order valence-electron chi connectivity index (χ4n) is 10.8. The van der Waals surface area contributed by atoms with Crippen LogP contribution in [-0.4, -0.2) is 63.5 Å². The number of allylic oxidation sites excluding steroid dienone is 3.